The van der Waals surface area contributed by atoms with E-state index in [1.165, 1.54) is 18.5 Å². The Bertz CT molecular complexity index is 1280. The molecular formula is C24H22FN5O. The molecule has 0 spiro atoms. The molecule has 0 fully saturated rings. The molecule has 4 aromatic rings. The van der Waals surface area contributed by atoms with E-state index in [-0.39, 0.29) is 11.8 Å². The third kappa shape index (κ3) is 3.52. The van der Waals surface area contributed by atoms with Gasteiger partial charge in [0.2, 0.25) is 0 Å². The minimum Gasteiger partial charge on any atom is -0.341 e. The fourth-order valence-corrected chi connectivity index (χ4v) is 4.50. The number of urea groups is 1. The number of carbonyl (C=O) groups excluding carboxylic acids is 1. The van der Waals surface area contributed by atoms with Crippen molar-refractivity contribution in [3.8, 4) is 0 Å². The number of anilines is 1. The van der Waals surface area contributed by atoms with Crippen molar-refractivity contribution in [3.05, 3.63) is 88.8 Å². The van der Waals surface area contributed by atoms with Gasteiger partial charge in [0.1, 0.15) is 17.8 Å². The van der Waals surface area contributed by atoms with E-state index in [2.05, 4.69) is 26.3 Å². The van der Waals surface area contributed by atoms with Crippen LogP contribution in [0.25, 0.3) is 11.0 Å². The third-order valence-corrected chi connectivity index (χ3v) is 5.70. The van der Waals surface area contributed by atoms with Gasteiger partial charge in [-0.05, 0) is 66.8 Å². The molecule has 1 atom stereocenters. The lowest BCUT2D eigenvalue weighted by molar-refractivity contribution is 0.193. The lowest BCUT2D eigenvalue weighted by Gasteiger charge is -2.36. The summed E-state index contributed by atoms with van der Waals surface area (Å²) in [5.74, 6) is -0.338. The number of nitrogens with one attached hydrogen (secondary N) is 2. The zero-order valence-corrected chi connectivity index (χ0v) is 17.3. The van der Waals surface area contributed by atoms with Gasteiger partial charge in [-0.2, -0.15) is 0 Å². The lowest BCUT2D eigenvalue weighted by atomic mass is 9.93. The van der Waals surface area contributed by atoms with Crippen LogP contribution in [0.4, 0.5) is 14.9 Å². The van der Waals surface area contributed by atoms with Gasteiger partial charge in [-0.3, -0.25) is 0 Å². The molecule has 0 bridgehead atoms. The van der Waals surface area contributed by atoms with Crippen molar-refractivity contribution in [2.45, 2.75) is 26.3 Å². The predicted octanol–water partition coefficient (Wildman–Crippen LogP) is 4.89. The van der Waals surface area contributed by atoms with Crippen LogP contribution < -0.4 is 5.32 Å². The average Bonchev–Trinajstić information content (AvgIpc) is 3.11. The van der Waals surface area contributed by atoms with Gasteiger partial charge in [0, 0.05) is 29.5 Å². The number of hydrogen-bond donors (Lipinski definition) is 2. The monoisotopic (exact) mass is 415 g/mol. The number of carbonyl (C=O) groups is 1. The van der Waals surface area contributed by atoms with E-state index >= 15 is 0 Å². The van der Waals surface area contributed by atoms with Crippen LogP contribution >= 0.6 is 0 Å². The average molecular weight is 415 g/mol. The molecule has 0 aliphatic carbocycles. The predicted molar refractivity (Wildman–Crippen MR) is 117 cm³/mol. The second-order valence-corrected chi connectivity index (χ2v) is 8.01. The van der Waals surface area contributed by atoms with Crippen LogP contribution in [0.1, 0.15) is 34.0 Å². The summed E-state index contributed by atoms with van der Waals surface area (Å²) in [5.41, 5.74) is 6.24. The van der Waals surface area contributed by atoms with E-state index in [9.17, 15) is 9.18 Å². The maximum atomic E-state index is 14.1. The van der Waals surface area contributed by atoms with E-state index in [4.69, 9.17) is 0 Å². The molecule has 1 aliphatic rings. The summed E-state index contributed by atoms with van der Waals surface area (Å²) in [6.45, 7) is 4.49. The first-order valence-corrected chi connectivity index (χ1v) is 10.2. The second kappa shape index (κ2) is 7.50. The summed E-state index contributed by atoms with van der Waals surface area (Å²) in [4.78, 5) is 26.9. The first-order chi connectivity index (χ1) is 15.0. The number of benzene rings is 2. The standard InChI is InChI=1S/C24H22FN5O/c1-14-8-15(2)10-18(9-14)28-24(31)30-7-6-19-20-12-26-13-27-23(20)29-21(19)22(30)16-4-3-5-17(25)11-16/h3-5,8-13,22H,6-7H2,1-2H3,(H,28,31)(H,26,27,29). The molecule has 0 saturated carbocycles. The zero-order valence-electron chi connectivity index (χ0n) is 17.3. The quantitative estimate of drug-likeness (QED) is 0.489. The Morgan fingerprint density at radius 2 is 2.00 bits per heavy atom. The summed E-state index contributed by atoms with van der Waals surface area (Å²) < 4.78 is 14.1. The summed E-state index contributed by atoms with van der Waals surface area (Å²) in [6, 6.07) is 11.7. The molecule has 2 amide bonds. The molecular weight excluding hydrogens is 393 g/mol. The Kier molecular flexibility index (Phi) is 4.66. The van der Waals surface area contributed by atoms with Crippen molar-refractivity contribution < 1.29 is 9.18 Å². The SMILES string of the molecule is Cc1cc(C)cc(NC(=O)N2CCc3c([nH]c4ncncc34)C2c2cccc(F)c2)c1. The number of aryl methyl sites for hydroxylation is 2. The van der Waals surface area contributed by atoms with Crippen LogP contribution in [-0.4, -0.2) is 32.4 Å². The molecule has 5 rings (SSSR count). The van der Waals surface area contributed by atoms with Crippen molar-refractivity contribution in [3.63, 3.8) is 0 Å². The van der Waals surface area contributed by atoms with Crippen LogP contribution in [0, 0.1) is 19.7 Å². The summed E-state index contributed by atoms with van der Waals surface area (Å²) >= 11 is 0. The molecule has 2 N–H and O–H groups in total. The van der Waals surface area contributed by atoms with E-state index in [0.29, 0.717) is 18.5 Å². The first kappa shape index (κ1) is 19.2. The number of rotatable bonds is 2. The number of nitrogens with zero attached hydrogens (tertiary/aromatic N) is 3. The largest absolute Gasteiger partial charge is 0.341 e. The zero-order chi connectivity index (χ0) is 21.5. The minimum absolute atomic E-state index is 0.227. The molecule has 156 valence electrons. The van der Waals surface area contributed by atoms with Crippen LogP contribution in [-0.2, 0) is 6.42 Å². The number of hydrogen-bond acceptors (Lipinski definition) is 3. The summed E-state index contributed by atoms with van der Waals surface area (Å²) in [7, 11) is 0. The van der Waals surface area contributed by atoms with E-state index in [1.807, 2.05) is 32.0 Å². The molecule has 0 saturated heterocycles. The Hall–Kier alpha value is -3.74. The van der Waals surface area contributed by atoms with Crippen molar-refractivity contribution in [2.75, 3.05) is 11.9 Å². The fourth-order valence-electron chi connectivity index (χ4n) is 4.50. The lowest BCUT2D eigenvalue weighted by Crippen LogP contribution is -2.43. The normalized spacial score (nSPS) is 15.7. The van der Waals surface area contributed by atoms with Crippen LogP contribution in [0.2, 0.25) is 0 Å². The first-order valence-electron chi connectivity index (χ1n) is 10.2. The van der Waals surface area contributed by atoms with Gasteiger partial charge < -0.3 is 15.2 Å². The Morgan fingerprint density at radius 3 is 2.77 bits per heavy atom. The van der Waals surface area contributed by atoms with Gasteiger partial charge in [-0.15, -0.1) is 0 Å². The maximum Gasteiger partial charge on any atom is 0.322 e. The van der Waals surface area contributed by atoms with E-state index < -0.39 is 6.04 Å². The highest BCUT2D eigenvalue weighted by Crippen LogP contribution is 2.38. The highest BCUT2D eigenvalue weighted by atomic mass is 19.1. The number of aromatic amines is 1. The summed E-state index contributed by atoms with van der Waals surface area (Å²) in [5, 5.41) is 3.96. The van der Waals surface area contributed by atoms with E-state index in [0.717, 1.165) is 39.1 Å². The van der Waals surface area contributed by atoms with Gasteiger partial charge in [0.15, 0.2) is 0 Å². The molecule has 7 heteroatoms. The molecule has 2 aromatic carbocycles. The smallest absolute Gasteiger partial charge is 0.322 e. The molecule has 31 heavy (non-hydrogen) atoms. The summed E-state index contributed by atoms with van der Waals surface area (Å²) in [6.07, 6.45) is 3.94. The number of aromatic nitrogens is 3. The topological polar surface area (TPSA) is 73.9 Å². The fraction of sp³-hybridized carbons (Fsp3) is 0.208. The molecule has 6 nitrogen and oxygen atoms in total. The van der Waals surface area contributed by atoms with Crippen LogP contribution in [0.15, 0.2) is 55.0 Å². The maximum absolute atomic E-state index is 14.1. The van der Waals surface area contributed by atoms with Crippen molar-refractivity contribution in [1.82, 2.24) is 19.9 Å². The number of fused-ring (bicyclic) bond motifs is 3. The van der Waals surface area contributed by atoms with E-state index in [1.54, 1.807) is 17.2 Å². The van der Waals surface area contributed by atoms with Crippen molar-refractivity contribution in [2.24, 2.45) is 0 Å². The van der Waals surface area contributed by atoms with Gasteiger partial charge in [0.25, 0.3) is 0 Å². The molecule has 3 heterocycles. The third-order valence-electron chi connectivity index (χ3n) is 5.70. The Labute approximate surface area is 179 Å². The molecule has 1 aliphatic heterocycles. The Morgan fingerprint density at radius 1 is 1.19 bits per heavy atom. The highest BCUT2D eigenvalue weighted by Gasteiger charge is 2.35. The number of H-pyrrole nitrogens is 1. The van der Waals surface area contributed by atoms with Crippen molar-refractivity contribution >= 4 is 22.8 Å². The number of halogens is 1. The van der Waals surface area contributed by atoms with Crippen LogP contribution in [0.5, 0.6) is 0 Å². The van der Waals surface area contributed by atoms with Gasteiger partial charge >= 0.3 is 6.03 Å². The molecule has 2 aromatic heterocycles. The second-order valence-electron chi connectivity index (χ2n) is 8.01. The number of amides is 2. The van der Waals surface area contributed by atoms with Gasteiger partial charge in [-0.1, -0.05) is 18.2 Å². The van der Waals surface area contributed by atoms with Crippen molar-refractivity contribution in [1.29, 1.82) is 0 Å². The molecule has 1 unspecified atom stereocenters. The Balaban J connectivity index is 1.58. The molecule has 0 radical (unpaired) electrons. The van der Waals surface area contributed by atoms with Crippen LogP contribution in [0.3, 0.4) is 0 Å². The van der Waals surface area contributed by atoms with Gasteiger partial charge in [0.05, 0.1) is 6.04 Å². The highest BCUT2D eigenvalue weighted by molar-refractivity contribution is 5.91. The van der Waals surface area contributed by atoms with Gasteiger partial charge in [-0.25, -0.2) is 19.2 Å². The minimum atomic E-state index is -0.459.